The van der Waals surface area contributed by atoms with Crippen LogP contribution in [0.2, 0.25) is 0 Å². The highest BCUT2D eigenvalue weighted by Gasteiger charge is 2.21. The van der Waals surface area contributed by atoms with Crippen molar-refractivity contribution in [3.63, 3.8) is 0 Å². The molecule has 2 heterocycles. The molecule has 0 aliphatic heterocycles. The fourth-order valence-electron chi connectivity index (χ4n) is 6.68. The SMILES string of the molecule is c1ccc2c(c1)ccc1c(-c3ccc4c([nH]c5ccccc54)c3-c3cccc4oc5ccccc5c34)cccc12. The molecule has 0 aliphatic carbocycles. The van der Waals surface area contributed by atoms with Crippen molar-refractivity contribution < 1.29 is 4.42 Å². The molecule has 0 fully saturated rings. The number of aromatic nitrogens is 1. The second-order valence-electron chi connectivity index (χ2n) is 10.5. The third kappa shape index (κ3) is 2.93. The topological polar surface area (TPSA) is 28.9 Å². The molecule has 2 nitrogen and oxygen atoms in total. The van der Waals surface area contributed by atoms with Gasteiger partial charge in [-0.25, -0.2) is 0 Å². The third-order valence-corrected chi connectivity index (χ3v) is 8.43. The molecule has 0 aliphatic rings. The summed E-state index contributed by atoms with van der Waals surface area (Å²) in [6, 6.07) is 47.8. The van der Waals surface area contributed by atoms with Gasteiger partial charge in [0.1, 0.15) is 11.2 Å². The summed E-state index contributed by atoms with van der Waals surface area (Å²) in [7, 11) is 0. The Hall–Kier alpha value is -5.34. The van der Waals surface area contributed by atoms with Crippen molar-refractivity contribution >= 4 is 65.3 Å². The second kappa shape index (κ2) is 8.08. The monoisotopic (exact) mass is 509 g/mol. The van der Waals surface area contributed by atoms with E-state index < -0.39 is 0 Å². The standard InChI is InChI=1S/C38H23NO/c1-2-10-24-23(9-1)19-20-27-25(24)13-7-14-26(27)29-21-22-30-28-11-3-5-16-33(28)39-38(30)37(29)32-15-8-18-35-36(32)31-12-4-6-17-34(31)40-35/h1-22,39H. The first-order valence-corrected chi connectivity index (χ1v) is 13.7. The van der Waals surface area contributed by atoms with E-state index >= 15 is 0 Å². The minimum Gasteiger partial charge on any atom is -0.456 e. The van der Waals surface area contributed by atoms with Crippen molar-refractivity contribution in [1.29, 1.82) is 0 Å². The van der Waals surface area contributed by atoms with Gasteiger partial charge in [-0.2, -0.15) is 0 Å². The molecule has 186 valence electrons. The van der Waals surface area contributed by atoms with Crippen molar-refractivity contribution in [3.05, 3.63) is 133 Å². The minimum atomic E-state index is 0.904. The maximum absolute atomic E-state index is 6.34. The first-order valence-electron chi connectivity index (χ1n) is 13.7. The molecule has 0 radical (unpaired) electrons. The van der Waals surface area contributed by atoms with Gasteiger partial charge >= 0.3 is 0 Å². The highest BCUT2D eigenvalue weighted by Crippen LogP contribution is 2.46. The normalized spacial score (nSPS) is 12.0. The maximum atomic E-state index is 6.34. The number of H-pyrrole nitrogens is 1. The molecule has 1 N–H and O–H groups in total. The molecule has 0 amide bonds. The number of hydrogen-bond donors (Lipinski definition) is 1. The van der Waals surface area contributed by atoms with E-state index in [9.17, 15) is 0 Å². The van der Waals surface area contributed by atoms with E-state index in [2.05, 4.69) is 132 Å². The van der Waals surface area contributed by atoms with E-state index in [1.807, 2.05) is 6.07 Å². The average molecular weight is 510 g/mol. The average Bonchev–Trinajstić information content (AvgIpc) is 3.59. The summed E-state index contributed by atoms with van der Waals surface area (Å²) in [4.78, 5) is 3.81. The van der Waals surface area contributed by atoms with Crippen LogP contribution < -0.4 is 0 Å². The summed E-state index contributed by atoms with van der Waals surface area (Å²) in [5.74, 6) is 0. The van der Waals surface area contributed by atoms with Gasteiger partial charge in [0, 0.05) is 32.6 Å². The lowest BCUT2D eigenvalue weighted by Crippen LogP contribution is -1.90. The molecule has 0 spiro atoms. The Morgan fingerprint density at radius 1 is 0.400 bits per heavy atom. The molecule has 0 unspecified atom stereocenters. The van der Waals surface area contributed by atoms with E-state index in [1.165, 1.54) is 54.6 Å². The molecule has 0 saturated carbocycles. The van der Waals surface area contributed by atoms with Gasteiger partial charge in [0.25, 0.3) is 0 Å². The van der Waals surface area contributed by atoms with Crippen LogP contribution in [0.3, 0.4) is 0 Å². The van der Waals surface area contributed by atoms with Gasteiger partial charge in [-0.05, 0) is 56.4 Å². The van der Waals surface area contributed by atoms with Crippen molar-refractivity contribution in [2.75, 3.05) is 0 Å². The number of nitrogens with one attached hydrogen (secondary N) is 1. The van der Waals surface area contributed by atoms with E-state index in [0.717, 1.165) is 33.0 Å². The Kier molecular flexibility index (Phi) is 4.36. The highest BCUT2D eigenvalue weighted by molar-refractivity contribution is 6.22. The van der Waals surface area contributed by atoms with Crippen LogP contribution in [0.5, 0.6) is 0 Å². The zero-order valence-electron chi connectivity index (χ0n) is 21.6. The predicted molar refractivity (Wildman–Crippen MR) is 169 cm³/mol. The lowest BCUT2D eigenvalue weighted by molar-refractivity contribution is 0.669. The van der Waals surface area contributed by atoms with Gasteiger partial charge in [-0.3, -0.25) is 0 Å². The van der Waals surface area contributed by atoms with Crippen LogP contribution in [0.1, 0.15) is 0 Å². The van der Waals surface area contributed by atoms with E-state index in [0.29, 0.717) is 0 Å². The smallest absolute Gasteiger partial charge is 0.136 e. The quantitative estimate of drug-likeness (QED) is 0.231. The summed E-state index contributed by atoms with van der Waals surface area (Å²) >= 11 is 0. The van der Waals surface area contributed by atoms with Crippen molar-refractivity contribution in [2.24, 2.45) is 0 Å². The summed E-state index contributed by atoms with van der Waals surface area (Å²) in [6.45, 7) is 0. The summed E-state index contributed by atoms with van der Waals surface area (Å²) in [5, 5.41) is 9.80. The van der Waals surface area contributed by atoms with Crippen molar-refractivity contribution in [3.8, 4) is 22.3 Å². The van der Waals surface area contributed by atoms with E-state index in [4.69, 9.17) is 4.42 Å². The van der Waals surface area contributed by atoms with Crippen LogP contribution in [-0.4, -0.2) is 4.98 Å². The molecular formula is C38H23NO. The van der Waals surface area contributed by atoms with Gasteiger partial charge in [0.2, 0.25) is 0 Å². The van der Waals surface area contributed by atoms with Gasteiger partial charge in [-0.1, -0.05) is 115 Å². The molecule has 0 saturated heterocycles. The molecule has 0 atom stereocenters. The number of fused-ring (bicyclic) bond motifs is 9. The number of hydrogen-bond acceptors (Lipinski definition) is 1. The van der Waals surface area contributed by atoms with Gasteiger partial charge < -0.3 is 9.40 Å². The summed E-state index contributed by atoms with van der Waals surface area (Å²) in [6.07, 6.45) is 0. The molecule has 2 heteroatoms. The molecule has 2 aromatic heterocycles. The lowest BCUT2D eigenvalue weighted by atomic mass is 9.87. The Labute approximate surface area is 230 Å². The van der Waals surface area contributed by atoms with Gasteiger partial charge in [0.05, 0.1) is 5.52 Å². The van der Waals surface area contributed by atoms with Crippen molar-refractivity contribution in [2.45, 2.75) is 0 Å². The minimum absolute atomic E-state index is 0.904. The van der Waals surface area contributed by atoms with Crippen LogP contribution in [0.25, 0.3) is 87.5 Å². The lowest BCUT2D eigenvalue weighted by Gasteiger charge is -2.16. The number of furan rings is 1. The zero-order valence-corrected chi connectivity index (χ0v) is 21.6. The Morgan fingerprint density at radius 3 is 2.05 bits per heavy atom. The number of benzene rings is 7. The Morgan fingerprint density at radius 2 is 1.10 bits per heavy atom. The molecule has 9 aromatic rings. The van der Waals surface area contributed by atoms with E-state index in [-0.39, 0.29) is 0 Å². The van der Waals surface area contributed by atoms with Crippen LogP contribution in [0.4, 0.5) is 0 Å². The van der Waals surface area contributed by atoms with Crippen LogP contribution in [-0.2, 0) is 0 Å². The largest absolute Gasteiger partial charge is 0.456 e. The zero-order chi connectivity index (χ0) is 26.2. The summed E-state index contributed by atoms with van der Waals surface area (Å²) in [5.41, 5.74) is 8.91. The maximum Gasteiger partial charge on any atom is 0.136 e. The van der Waals surface area contributed by atoms with Crippen LogP contribution >= 0.6 is 0 Å². The van der Waals surface area contributed by atoms with Crippen LogP contribution in [0.15, 0.2) is 138 Å². The Bertz CT molecular complexity index is 2440. The van der Waals surface area contributed by atoms with Gasteiger partial charge in [0.15, 0.2) is 0 Å². The van der Waals surface area contributed by atoms with E-state index in [1.54, 1.807) is 0 Å². The fourth-order valence-corrected chi connectivity index (χ4v) is 6.68. The first-order chi connectivity index (χ1) is 19.8. The molecular weight excluding hydrogens is 486 g/mol. The summed E-state index contributed by atoms with van der Waals surface area (Å²) < 4.78 is 6.34. The fraction of sp³-hybridized carbons (Fsp3) is 0. The number of para-hydroxylation sites is 2. The van der Waals surface area contributed by atoms with Crippen LogP contribution in [0, 0.1) is 0 Å². The second-order valence-corrected chi connectivity index (χ2v) is 10.5. The third-order valence-electron chi connectivity index (χ3n) is 8.43. The molecule has 40 heavy (non-hydrogen) atoms. The predicted octanol–water partition coefficient (Wildman–Crippen LogP) is 10.9. The number of aromatic amines is 1. The van der Waals surface area contributed by atoms with Crippen molar-refractivity contribution in [1.82, 2.24) is 4.98 Å². The molecule has 9 rings (SSSR count). The first kappa shape index (κ1) is 21.6. The molecule has 0 bridgehead atoms. The Balaban J connectivity index is 1.47. The number of rotatable bonds is 2. The van der Waals surface area contributed by atoms with Gasteiger partial charge in [-0.15, -0.1) is 0 Å². The molecule has 7 aromatic carbocycles. The highest BCUT2D eigenvalue weighted by atomic mass is 16.3.